The van der Waals surface area contributed by atoms with E-state index in [1.165, 1.54) is 63.1 Å². The zero-order chi connectivity index (χ0) is 18.6. The Labute approximate surface area is 159 Å². The number of nitrogens with one attached hydrogen (secondary N) is 1. The van der Waals surface area contributed by atoms with E-state index in [1.807, 2.05) is 0 Å². The van der Waals surface area contributed by atoms with Crippen molar-refractivity contribution in [3.05, 3.63) is 35.4 Å². The van der Waals surface area contributed by atoms with Gasteiger partial charge in [0.15, 0.2) is 5.96 Å². The summed E-state index contributed by atoms with van der Waals surface area (Å²) >= 11 is 0. The number of rotatable bonds is 10. The van der Waals surface area contributed by atoms with Crippen LogP contribution in [0.4, 0.5) is 0 Å². The maximum atomic E-state index is 5.94. The maximum Gasteiger partial charge on any atom is 0.188 e. The monoisotopic (exact) mass is 359 g/mol. The summed E-state index contributed by atoms with van der Waals surface area (Å²) in [6.07, 6.45) is 4.96. The molecule has 0 amide bonds. The molecule has 0 radical (unpaired) electrons. The van der Waals surface area contributed by atoms with Crippen LogP contribution in [-0.4, -0.2) is 55.0 Å². The first-order chi connectivity index (χ1) is 12.7. The third-order valence-corrected chi connectivity index (χ3v) is 5.11. The van der Waals surface area contributed by atoms with Crippen molar-refractivity contribution in [2.45, 2.75) is 52.6 Å². The molecule has 0 bridgehead atoms. The van der Waals surface area contributed by atoms with Gasteiger partial charge in [0.2, 0.25) is 0 Å². The van der Waals surface area contributed by atoms with Crippen molar-refractivity contribution in [1.29, 1.82) is 0 Å². The second kappa shape index (κ2) is 11.9. The zero-order valence-corrected chi connectivity index (χ0v) is 16.7. The van der Waals surface area contributed by atoms with Crippen molar-refractivity contribution in [2.75, 3.05) is 39.3 Å². The van der Waals surface area contributed by atoms with Crippen LogP contribution in [0.3, 0.4) is 0 Å². The van der Waals surface area contributed by atoms with Crippen molar-refractivity contribution < 1.29 is 0 Å². The Kier molecular flexibility index (Phi) is 9.50. The number of guanidine groups is 1. The number of hydrogen-bond acceptors (Lipinski definition) is 3. The van der Waals surface area contributed by atoms with Crippen LogP contribution in [0.5, 0.6) is 0 Å². The molecule has 1 fully saturated rings. The second-order valence-corrected chi connectivity index (χ2v) is 7.22. The Balaban J connectivity index is 1.69. The van der Waals surface area contributed by atoms with Crippen molar-refractivity contribution in [3.63, 3.8) is 0 Å². The Morgan fingerprint density at radius 1 is 0.962 bits per heavy atom. The van der Waals surface area contributed by atoms with Crippen LogP contribution in [0.25, 0.3) is 0 Å². The van der Waals surface area contributed by atoms with Gasteiger partial charge in [-0.3, -0.25) is 4.90 Å². The predicted molar refractivity (Wildman–Crippen MR) is 111 cm³/mol. The molecule has 26 heavy (non-hydrogen) atoms. The van der Waals surface area contributed by atoms with Crippen LogP contribution >= 0.6 is 0 Å². The molecule has 0 spiro atoms. The van der Waals surface area contributed by atoms with E-state index < -0.39 is 0 Å². The van der Waals surface area contributed by atoms with E-state index >= 15 is 0 Å². The first-order valence-electron chi connectivity index (χ1n) is 10.3. The normalized spacial score (nSPS) is 16.8. The molecule has 1 aromatic rings. The van der Waals surface area contributed by atoms with Crippen LogP contribution < -0.4 is 11.1 Å². The fourth-order valence-electron chi connectivity index (χ4n) is 3.27. The Morgan fingerprint density at radius 2 is 1.62 bits per heavy atom. The highest BCUT2D eigenvalue weighted by Gasteiger charge is 2.15. The van der Waals surface area contributed by atoms with E-state index in [4.69, 9.17) is 5.73 Å². The van der Waals surface area contributed by atoms with Gasteiger partial charge in [-0.25, -0.2) is 4.99 Å². The first kappa shape index (κ1) is 20.7. The molecule has 0 atom stereocenters. The molecule has 1 heterocycles. The fraction of sp³-hybridized carbons (Fsp3) is 0.667. The predicted octanol–water partition coefficient (Wildman–Crippen LogP) is 2.81. The summed E-state index contributed by atoms with van der Waals surface area (Å²) in [7, 11) is 0. The third-order valence-electron chi connectivity index (χ3n) is 5.11. The molecule has 146 valence electrons. The number of likely N-dealkylation sites (N-methyl/N-ethyl adjacent to an activating group) is 1. The van der Waals surface area contributed by atoms with Crippen LogP contribution in [0.2, 0.25) is 0 Å². The van der Waals surface area contributed by atoms with Gasteiger partial charge in [0.1, 0.15) is 0 Å². The molecule has 0 unspecified atom stereocenters. The molecule has 0 saturated carbocycles. The summed E-state index contributed by atoms with van der Waals surface area (Å²) in [5.74, 6) is 0.555. The van der Waals surface area contributed by atoms with Crippen LogP contribution in [-0.2, 0) is 13.1 Å². The summed E-state index contributed by atoms with van der Waals surface area (Å²) in [4.78, 5) is 9.50. The molecule has 1 aliphatic heterocycles. The molecule has 5 nitrogen and oxygen atoms in total. The number of aliphatic imine (C=N–C) groups is 1. The van der Waals surface area contributed by atoms with Gasteiger partial charge in [0, 0.05) is 39.3 Å². The molecule has 5 heteroatoms. The Hall–Kier alpha value is -1.59. The summed E-state index contributed by atoms with van der Waals surface area (Å²) in [6.45, 7) is 12.9. The van der Waals surface area contributed by atoms with Gasteiger partial charge in [0.05, 0.1) is 6.54 Å². The molecule has 0 aromatic heterocycles. The number of benzene rings is 1. The summed E-state index contributed by atoms with van der Waals surface area (Å²) in [6, 6.07) is 8.81. The number of nitrogens with zero attached hydrogens (tertiary/aromatic N) is 3. The van der Waals surface area contributed by atoms with Gasteiger partial charge >= 0.3 is 0 Å². The highest BCUT2D eigenvalue weighted by atomic mass is 15.3. The molecular formula is C21H37N5. The largest absolute Gasteiger partial charge is 0.370 e. The number of nitrogens with two attached hydrogens (primary N) is 1. The zero-order valence-electron chi connectivity index (χ0n) is 16.7. The average Bonchev–Trinajstić information content (AvgIpc) is 2.68. The van der Waals surface area contributed by atoms with Crippen LogP contribution in [0, 0.1) is 0 Å². The highest BCUT2D eigenvalue weighted by Crippen LogP contribution is 2.11. The van der Waals surface area contributed by atoms with Crippen LogP contribution in [0.15, 0.2) is 29.3 Å². The van der Waals surface area contributed by atoms with Gasteiger partial charge in [0.25, 0.3) is 0 Å². The fourth-order valence-corrected chi connectivity index (χ4v) is 3.27. The van der Waals surface area contributed by atoms with E-state index in [1.54, 1.807) is 0 Å². The molecule has 1 saturated heterocycles. The minimum atomic E-state index is 0.555. The van der Waals surface area contributed by atoms with Crippen molar-refractivity contribution in [3.8, 4) is 0 Å². The van der Waals surface area contributed by atoms with E-state index in [9.17, 15) is 0 Å². The number of unbranched alkanes of at least 4 members (excludes halogenated alkanes) is 3. The van der Waals surface area contributed by atoms with Gasteiger partial charge in [-0.1, -0.05) is 57.4 Å². The van der Waals surface area contributed by atoms with Gasteiger partial charge < -0.3 is 16.0 Å². The minimum absolute atomic E-state index is 0.555. The lowest BCUT2D eigenvalue weighted by Gasteiger charge is -2.34. The van der Waals surface area contributed by atoms with E-state index in [0.29, 0.717) is 12.5 Å². The quantitative estimate of drug-likeness (QED) is 0.383. The van der Waals surface area contributed by atoms with E-state index in [2.05, 4.69) is 58.2 Å². The third kappa shape index (κ3) is 7.75. The smallest absolute Gasteiger partial charge is 0.188 e. The topological polar surface area (TPSA) is 56.9 Å². The summed E-state index contributed by atoms with van der Waals surface area (Å²) in [5, 5.41) is 3.20. The molecule has 3 N–H and O–H groups in total. The van der Waals surface area contributed by atoms with E-state index in [0.717, 1.165) is 19.5 Å². The second-order valence-electron chi connectivity index (χ2n) is 7.22. The molecule has 1 aromatic carbocycles. The van der Waals surface area contributed by atoms with Crippen molar-refractivity contribution in [1.82, 2.24) is 15.1 Å². The van der Waals surface area contributed by atoms with Gasteiger partial charge in [-0.15, -0.1) is 0 Å². The SMILES string of the molecule is CCCCCCNC(N)=NCc1ccc(CN2CCN(CC)CC2)cc1. The Bertz CT molecular complexity index is 518. The summed E-state index contributed by atoms with van der Waals surface area (Å²) in [5.41, 5.74) is 8.53. The Morgan fingerprint density at radius 3 is 2.27 bits per heavy atom. The minimum Gasteiger partial charge on any atom is -0.370 e. The maximum absolute atomic E-state index is 5.94. The highest BCUT2D eigenvalue weighted by molar-refractivity contribution is 5.77. The van der Waals surface area contributed by atoms with Crippen LogP contribution in [0.1, 0.15) is 50.7 Å². The van der Waals surface area contributed by atoms with Crippen molar-refractivity contribution >= 4 is 5.96 Å². The average molecular weight is 360 g/mol. The lowest BCUT2D eigenvalue weighted by Crippen LogP contribution is -2.45. The molecule has 0 aliphatic carbocycles. The van der Waals surface area contributed by atoms with E-state index in [-0.39, 0.29) is 0 Å². The number of piperazine rings is 1. The van der Waals surface area contributed by atoms with Gasteiger partial charge in [-0.2, -0.15) is 0 Å². The lowest BCUT2D eigenvalue weighted by molar-refractivity contribution is 0.132. The van der Waals surface area contributed by atoms with Gasteiger partial charge in [-0.05, 0) is 24.1 Å². The molecule has 1 aliphatic rings. The lowest BCUT2D eigenvalue weighted by atomic mass is 10.1. The first-order valence-corrected chi connectivity index (χ1v) is 10.3. The molecule has 2 rings (SSSR count). The molecular weight excluding hydrogens is 322 g/mol. The van der Waals surface area contributed by atoms with Crippen molar-refractivity contribution in [2.24, 2.45) is 10.7 Å². The number of hydrogen-bond donors (Lipinski definition) is 2. The standard InChI is InChI=1S/C21H37N5/c1-3-5-6-7-12-23-21(22)24-17-19-8-10-20(11-9-19)18-26-15-13-25(4-2)14-16-26/h8-11H,3-7,12-18H2,1-2H3,(H3,22,23,24). The summed E-state index contributed by atoms with van der Waals surface area (Å²) < 4.78 is 0.